The molecular formula is C16H16Br2O2. The van der Waals surface area contributed by atoms with Gasteiger partial charge in [0.05, 0.1) is 5.56 Å². The molecule has 1 N–H and O–H groups in total. The first-order valence-electron chi connectivity index (χ1n) is 6.55. The van der Waals surface area contributed by atoms with Crippen molar-refractivity contribution in [3.05, 3.63) is 55.5 Å². The molecule has 3 rings (SSSR count). The lowest BCUT2D eigenvalue weighted by molar-refractivity contribution is 0.0695. The summed E-state index contributed by atoms with van der Waals surface area (Å²) in [6, 6.07) is 3.77. The number of aryl methyl sites for hydroxylation is 2. The van der Waals surface area contributed by atoms with E-state index in [1.807, 2.05) is 12.1 Å². The van der Waals surface area contributed by atoms with E-state index in [9.17, 15) is 9.90 Å². The van der Waals surface area contributed by atoms with E-state index in [2.05, 4.69) is 50.9 Å². The summed E-state index contributed by atoms with van der Waals surface area (Å²) in [5.41, 5.74) is 3.60. The van der Waals surface area contributed by atoms with Crippen molar-refractivity contribution in [2.45, 2.75) is 32.6 Å². The molecule has 2 aliphatic rings. The molecule has 1 aromatic rings. The predicted molar refractivity (Wildman–Crippen MR) is 88.5 cm³/mol. The molecule has 2 bridgehead atoms. The van der Waals surface area contributed by atoms with Crippen LogP contribution in [0, 0.1) is 0 Å². The molecular weight excluding hydrogens is 384 g/mol. The van der Waals surface area contributed by atoms with Crippen LogP contribution in [-0.4, -0.2) is 11.1 Å². The van der Waals surface area contributed by atoms with E-state index in [1.165, 1.54) is 5.57 Å². The zero-order valence-electron chi connectivity index (χ0n) is 11.2. The van der Waals surface area contributed by atoms with E-state index >= 15 is 0 Å². The van der Waals surface area contributed by atoms with Crippen molar-refractivity contribution < 1.29 is 9.90 Å². The van der Waals surface area contributed by atoms with Crippen LogP contribution in [0.2, 0.25) is 0 Å². The number of carbonyl (C=O) groups is 1. The molecule has 0 saturated heterocycles. The van der Waals surface area contributed by atoms with Crippen LogP contribution in [0.25, 0.3) is 0 Å². The van der Waals surface area contributed by atoms with Crippen LogP contribution in [0.5, 0.6) is 0 Å². The predicted octanol–water partition coefficient (Wildman–Crippen LogP) is 5.25. The SMILES string of the molecule is C/C1=C(Br)\C=C\CCc2cc(C(=O)O)c(cc2Br)CC1. The second kappa shape index (κ2) is 6.72. The summed E-state index contributed by atoms with van der Waals surface area (Å²) in [5, 5.41) is 9.39. The summed E-state index contributed by atoms with van der Waals surface area (Å²) in [6.45, 7) is 2.07. The average Bonchev–Trinajstić information content (AvgIpc) is 2.40. The van der Waals surface area contributed by atoms with Crippen molar-refractivity contribution >= 4 is 37.8 Å². The van der Waals surface area contributed by atoms with E-state index in [0.717, 1.165) is 45.8 Å². The number of rotatable bonds is 1. The molecule has 1 aromatic carbocycles. The maximum Gasteiger partial charge on any atom is 0.335 e. The van der Waals surface area contributed by atoms with Gasteiger partial charge in [0.25, 0.3) is 0 Å². The molecule has 0 amide bonds. The van der Waals surface area contributed by atoms with Gasteiger partial charge in [0.1, 0.15) is 0 Å². The second-order valence-corrected chi connectivity index (χ2v) is 6.68. The number of halogens is 2. The van der Waals surface area contributed by atoms with Crippen LogP contribution in [0.1, 0.15) is 41.3 Å². The average molecular weight is 400 g/mol. The molecule has 0 atom stereocenters. The van der Waals surface area contributed by atoms with Gasteiger partial charge in [-0.2, -0.15) is 0 Å². The molecule has 0 unspecified atom stereocenters. The summed E-state index contributed by atoms with van der Waals surface area (Å²) in [4.78, 5) is 11.4. The van der Waals surface area contributed by atoms with Crippen LogP contribution < -0.4 is 0 Å². The van der Waals surface area contributed by atoms with Gasteiger partial charge in [0, 0.05) is 8.96 Å². The quantitative estimate of drug-likeness (QED) is 0.699. The Bertz CT molecular complexity index is 601. The van der Waals surface area contributed by atoms with Crippen molar-refractivity contribution in [3.8, 4) is 0 Å². The Kier molecular flexibility index (Phi) is 5.22. The molecule has 0 fully saturated rings. The van der Waals surface area contributed by atoms with Gasteiger partial charge in [-0.3, -0.25) is 0 Å². The minimum Gasteiger partial charge on any atom is -0.478 e. The molecule has 0 spiro atoms. The number of aromatic carboxylic acids is 1. The smallest absolute Gasteiger partial charge is 0.335 e. The van der Waals surface area contributed by atoms with Gasteiger partial charge < -0.3 is 5.11 Å². The van der Waals surface area contributed by atoms with Crippen LogP contribution in [0.3, 0.4) is 0 Å². The summed E-state index contributed by atoms with van der Waals surface area (Å²) < 4.78 is 2.11. The standard InChI is InChI=1S/C16H16Br2O2/c1-10-6-7-11-9-15(18)12(8-13(11)16(19)20)4-2-3-5-14(10)17/h3,5,8-9H,2,4,6-7H2,1H3,(H,19,20)/b5-3+,14-10-. The third kappa shape index (κ3) is 3.61. The fourth-order valence-corrected chi connectivity index (χ4v) is 3.24. The molecule has 2 nitrogen and oxygen atoms in total. The lowest BCUT2D eigenvalue weighted by Crippen LogP contribution is -2.05. The topological polar surface area (TPSA) is 37.3 Å². The molecule has 4 heteroatoms. The molecule has 106 valence electrons. The van der Waals surface area contributed by atoms with Gasteiger partial charge in [-0.15, -0.1) is 0 Å². The summed E-state index contributed by atoms with van der Waals surface area (Å²) in [5.74, 6) is -0.845. The summed E-state index contributed by atoms with van der Waals surface area (Å²) in [6.07, 6.45) is 7.51. The minimum atomic E-state index is -0.845. The molecule has 2 aliphatic carbocycles. The highest BCUT2D eigenvalue weighted by Crippen LogP contribution is 2.27. The van der Waals surface area contributed by atoms with Gasteiger partial charge in [0.15, 0.2) is 0 Å². The van der Waals surface area contributed by atoms with E-state index < -0.39 is 5.97 Å². The van der Waals surface area contributed by atoms with Gasteiger partial charge in [-0.05, 0) is 55.9 Å². The van der Waals surface area contributed by atoms with Gasteiger partial charge >= 0.3 is 5.97 Å². The number of fused-ring (bicyclic) bond motifs is 7. The maximum absolute atomic E-state index is 11.4. The first-order chi connectivity index (χ1) is 9.49. The van der Waals surface area contributed by atoms with Gasteiger partial charge in [-0.1, -0.05) is 49.6 Å². The van der Waals surface area contributed by atoms with E-state index in [4.69, 9.17) is 0 Å². The van der Waals surface area contributed by atoms with Crippen molar-refractivity contribution in [1.29, 1.82) is 0 Å². The number of hydrogen-bond donors (Lipinski definition) is 1. The highest BCUT2D eigenvalue weighted by Gasteiger charge is 2.14. The minimum absolute atomic E-state index is 0.427. The third-order valence-electron chi connectivity index (χ3n) is 3.52. The van der Waals surface area contributed by atoms with Crippen molar-refractivity contribution in [3.63, 3.8) is 0 Å². The molecule has 0 radical (unpaired) electrons. The van der Waals surface area contributed by atoms with Crippen molar-refractivity contribution in [2.24, 2.45) is 0 Å². The highest BCUT2D eigenvalue weighted by molar-refractivity contribution is 9.12. The zero-order valence-corrected chi connectivity index (χ0v) is 14.4. The number of carboxylic acids is 1. The Morgan fingerprint density at radius 2 is 1.90 bits per heavy atom. The Morgan fingerprint density at radius 1 is 1.15 bits per heavy atom. The van der Waals surface area contributed by atoms with Crippen molar-refractivity contribution in [2.75, 3.05) is 0 Å². The second-order valence-electron chi connectivity index (χ2n) is 4.98. The number of hydrogen-bond acceptors (Lipinski definition) is 1. The summed E-state index contributed by atoms with van der Waals surface area (Å²) >= 11 is 7.13. The number of allylic oxidation sites excluding steroid dienone is 4. The first-order valence-corrected chi connectivity index (χ1v) is 8.14. The summed E-state index contributed by atoms with van der Waals surface area (Å²) in [7, 11) is 0. The third-order valence-corrected chi connectivity index (χ3v) is 5.20. The molecule has 0 saturated carbocycles. The Hall–Kier alpha value is -0.870. The highest BCUT2D eigenvalue weighted by atomic mass is 79.9. The Morgan fingerprint density at radius 3 is 2.60 bits per heavy atom. The number of benzene rings is 1. The lowest BCUT2D eigenvalue weighted by atomic mass is 9.96. The molecule has 0 aliphatic heterocycles. The molecule has 0 heterocycles. The monoisotopic (exact) mass is 398 g/mol. The first kappa shape index (κ1) is 15.5. The van der Waals surface area contributed by atoms with Crippen LogP contribution in [0.15, 0.2) is 38.8 Å². The van der Waals surface area contributed by atoms with E-state index in [-0.39, 0.29) is 0 Å². The van der Waals surface area contributed by atoms with Crippen LogP contribution in [0.4, 0.5) is 0 Å². The number of carboxylic acid groups (broad SMARTS) is 1. The molecule has 0 aromatic heterocycles. The fraction of sp³-hybridized carbons (Fsp3) is 0.312. The van der Waals surface area contributed by atoms with Gasteiger partial charge in [-0.25, -0.2) is 4.79 Å². The van der Waals surface area contributed by atoms with E-state index in [1.54, 1.807) is 0 Å². The van der Waals surface area contributed by atoms with Crippen LogP contribution >= 0.6 is 31.9 Å². The molecule has 20 heavy (non-hydrogen) atoms. The largest absolute Gasteiger partial charge is 0.478 e. The van der Waals surface area contributed by atoms with Gasteiger partial charge in [0.2, 0.25) is 0 Å². The zero-order chi connectivity index (χ0) is 14.7. The fourth-order valence-electron chi connectivity index (χ4n) is 2.27. The normalized spacial score (nSPS) is 21.1. The van der Waals surface area contributed by atoms with Crippen LogP contribution in [-0.2, 0) is 12.8 Å². The van der Waals surface area contributed by atoms with Crippen molar-refractivity contribution in [1.82, 2.24) is 0 Å². The Labute approximate surface area is 135 Å². The van der Waals surface area contributed by atoms with E-state index in [0.29, 0.717) is 5.56 Å². The maximum atomic E-state index is 11.4. The Balaban J connectivity index is 2.48. The lowest BCUT2D eigenvalue weighted by Gasteiger charge is -2.13.